The van der Waals surface area contributed by atoms with Crippen molar-refractivity contribution in [1.29, 1.82) is 0 Å². The Morgan fingerprint density at radius 1 is 1.00 bits per heavy atom. The second-order valence-electron chi connectivity index (χ2n) is 4.16. The first-order valence-electron chi connectivity index (χ1n) is 5.36. The van der Waals surface area contributed by atoms with Crippen LogP contribution in [0.3, 0.4) is 0 Å². The molecule has 0 saturated heterocycles. The first kappa shape index (κ1) is 10.4. The summed E-state index contributed by atoms with van der Waals surface area (Å²) >= 11 is 0. The third-order valence-corrected chi connectivity index (χ3v) is 3.08. The van der Waals surface area contributed by atoms with E-state index in [9.17, 15) is 8.78 Å². The van der Waals surface area contributed by atoms with E-state index in [1.807, 2.05) is 0 Å². The number of aromatic hydroxyl groups is 1. The maximum Gasteiger partial charge on any atom is 0.133 e. The van der Waals surface area contributed by atoms with Crippen molar-refractivity contribution in [2.75, 3.05) is 0 Å². The van der Waals surface area contributed by atoms with Gasteiger partial charge in [0.2, 0.25) is 0 Å². The lowest BCUT2D eigenvalue weighted by molar-refractivity contribution is 0.405. The van der Waals surface area contributed by atoms with Crippen molar-refractivity contribution in [3.63, 3.8) is 0 Å². The monoisotopic (exact) mass is 212 g/mol. The van der Waals surface area contributed by atoms with Crippen LogP contribution in [-0.4, -0.2) is 5.11 Å². The van der Waals surface area contributed by atoms with Gasteiger partial charge in [-0.25, -0.2) is 8.78 Å². The first-order valence-corrected chi connectivity index (χ1v) is 5.36. The van der Waals surface area contributed by atoms with Gasteiger partial charge >= 0.3 is 0 Å². The Labute approximate surface area is 87.7 Å². The van der Waals surface area contributed by atoms with Crippen LogP contribution in [0.4, 0.5) is 8.78 Å². The maximum atomic E-state index is 13.5. The van der Waals surface area contributed by atoms with Gasteiger partial charge < -0.3 is 5.11 Å². The van der Waals surface area contributed by atoms with Gasteiger partial charge in [-0.1, -0.05) is 19.3 Å². The third-order valence-electron chi connectivity index (χ3n) is 3.08. The largest absolute Gasteiger partial charge is 0.508 e. The average Bonchev–Trinajstić information content (AvgIpc) is 2.17. The van der Waals surface area contributed by atoms with Crippen LogP contribution in [0.2, 0.25) is 0 Å². The molecule has 0 aromatic heterocycles. The highest BCUT2D eigenvalue weighted by molar-refractivity contribution is 5.32. The van der Waals surface area contributed by atoms with Crippen LogP contribution in [0, 0.1) is 11.6 Å². The molecule has 1 fully saturated rings. The Balaban J connectivity index is 2.33. The molecule has 1 saturated carbocycles. The molecule has 0 radical (unpaired) electrons. The standard InChI is InChI=1S/C12H14F2O/c13-10-6-9(15)7-11(14)12(10)8-4-2-1-3-5-8/h6-8,15H,1-5H2. The number of hydrogen-bond donors (Lipinski definition) is 1. The number of halogens is 2. The molecule has 0 heterocycles. The van der Waals surface area contributed by atoms with E-state index in [1.54, 1.807) is 0 Å². The molecular weight excluding hydrogens is 198 g/mol. The summed E-state index contributed by atoms with van der Waals surface area (Å²) in [6.45, 7) is 0. The summed E-state index contributed by atoms with van der Waals surface area (Å²) in [5, 5.41) is 9.04. The van der Waals surface area contributed by atoms with Gasteiger partial charge in [-0.3, -0.25) is 0 Å². The molecule has 1 N–H and O–H groups in total. The van der Waals surface area contributed by atoms with Crippen molar-refractivity contribution in [3.05, 3.63) is 29.3 Å². The number of phenolic OH excluding ortho intramolecular Hbond substituents is 1. The molecule has 0 spiro atoms. The summed E-state index contributed by atoms with van der Waals surface area (Å²) in [4.78, 5) is 0. The van der Waals surface area contributed by atoms with Crippen LogP contribution in [0.1, 0.15) is 43.6 Å². The van der Waals surface area contributed by atoms with E-state index in [1.165, 1.54) is 0 Å². The predicted molar refractivity (Wildman–Crippen MR) is 53.8 cm³/mol. The minimum atomic E-state index is -0.612. The van der Waals surface area contributed by atoms with Crippen molar-refractivity contribution in [2.45, 2.75) is 38.0 Å². The third kappa shape index (κ3) is 2.11. The van der Waals surface area contributed by atoms with Crippen molar-refractivity contribution in [2.24, 2.45) is 0 Å². The van der Waals surface area contributed by atoms with Gasteiger partial charge in [0.05, 0.1) is 0 Å². The molecule has 1 aromatic rings. The molecule has 0 atom stereocenters. The van der Waals surface area contributed by atoms with E-state index in [2.05, 4.69) is 0 Å². The Kier molecular flexibility index (Phi) is 2.89. The van der Waals surface area contributed by atoms with Gasteiger partial charge in [-0.05, 0) is 18.8 Å². The molecule has 3 heteroatoms. The summed E-state index contributed by atoms with van der Waals surface area (Å²) in [5.41, 5.74) is 0.160. The fourth-order valence-electron chi connectivity index (χ4n) is 2.35. The Morgan fingerprint density at radius 2 is 1.53 bits per heavy atom. The van der Waals surface area contributed by atoms with Crippen molar-refractivity contribution >= 4 is 0 Å². The van der Waals surface area contributed by atoms with E-state index < -0.39 is 11.6 Å². The highest BCUT2D eigenvalue weighted by Crippen LogP contribution is 2.36. The lowest BCUT2D eigenvalue weighted by atomic mass is 9.83. The van der Waals surface area contributed by atoms with Crippen LogP contribution >= 0.6 is 0 Å². The number of benzene rings is 1. The zero-order chi connectivity index (χ0) is 10.8. The van der Waals surface area contributed by atoms with E-state index in [0.29, 0.717) is 0 Å². The SMILES string of the molecule is Oc1cc(F)c(C2CCCCC2)c(F)c1. The van der Waals surface area contributed by atoms with E-state index in [-0.39, 0.29) is 17.2 Å². The second-order valence-corrected chi connectivity index (χ2v) is 4.16. The summed E-state index contributed by atoms with van der Waals surface area (Å²) in [6.07, 6.45) is 4.91. The lowest BCUT2D eigenvalue weighted by Gasteiger charge is -2.22. The lowest BCUT2D eigenvalue weighted by Crippen LogP contribution is -2.08. The zero-order valence-corrected chi connectivity index (χ0v) is 8.47. The molecule has 15 heavy (non-hydrogen) atoms. The molecule has 82 valence electrons. The van der Waals surface area contributed by atoms with Gasteiger partial charge in [-0.15, -0.1) is 0 Å². The van der Waals surface area contributed by atoms with E-state index >= 15 is 0 Å². The molecule has 0 bridgehead atoms. The van der Waals surface area contributed by atoms with E-state index in [4.69, 9.17) is 5.11 Å². The minimum Gasteiger partial charge on any atom is -0.508 e. The van der Waals surface area contributed by atoms with Crippen LogP contribution in [0.15, 0.2) is 12.1 Å². The Morgan fingerprint density at radius 3 is 2.07 bits per heavy atom. The fourth-order valence-corrected chi connectivity index (χ4v) is 2.35. The molecule has 0 amide bonds. The number of phenols is 1. The van der Waals surface area contributed by atoms with Crippen molar-refractivity contribution < 1.29 is 13.9 Å². The minimum absolute atomic E-state index is 0.0145. The van der Waals surface area contributed by atoms with Crippen LogP contribution < -0.4 is 0 Å². The molecule has 1 nitrogen and oxygen atoms in total. The van der Waals surface area contributed by atoms with Crippen molar-refractivity contribution in [3.8, 4) is 5.75 Å². The predicted octanol–water partition coefficient (Wildman–Crippen LogP) is 3.72. The van der Waals surface area contributed by atoms with Crippen LogP contribution in [0.25, 0.3) is 0 Å². The second kappa shape index (κ2) is 4.17. The highest BCUT2D eigenvalue weighted by Gasteiger charge is 2.22. The molecule has 2 rings (SSSR count). The fraction of sp³-hybridized carbons (Fsp3) is 0.500. The first-order chi connectivity index (χ1) is 7.18. The van der Waals surface area contributed by atoms with Crippen LogP contribution in [-0.2, 0) is 0 Å². The normalized spacial score (nSPS) is 18.0. The smallest absolute Gasteiger partial charge is 0.133 e. The number of hydrogen-bond acceptors (Lipinski definition) is 1. The summed E-state index contributed by atoms with van der Waals surface area (Å²) in [6, 6.07) is 1.99. The van der Waals surface area contributed by atoms with Gasteiger partial charge in [-0.2, -0.15) is 0 Å². The zero-order valence-electron chi connectivity index (χ0n) is 8.47. The highest BCUT2D eigenvalue weighted by atomic mass is 19.1. The maximum absolute atomic E-state index is 13.5. The summed E-state index contributed by atoms with van der Waals surface area (Å²) < 4.78 is 27.0. The van der Waals surface area contributed by atoms with Crippen molar-refractivity contribution in [1.82, 2.24) is 0 Å². The van der Waals surface area contributed by atoms with Gasteiger partial charge in [0.1, 0.15) is 17.4 Å². The summed E-state index contributed by atoms with van der Waals surface area (Å²) in [7, 11) is 0. The average molecular weight is 212 g/mol. The van der Waals surface area contributed by atoms with Gasteiger partial charge in [0.25, 0.3) is 0 Å². The molecule has 1 aliphatic rings. The summed E-state index contributed by atoms with van der Waals surface area (Å²) in [5.74, 6) is -1.58. The van der Waals surface area contributed by atoms with Crippen LogP contribution in [0.5, 0.6) is 5.75 Å². The Hall–Kier alpha value is -1.12. The van der Waals surface area contributed by atoms with Gasteiger partial charge in [0.15, 0.2) is 0 Å². The van der Waals surface area contributed by atoms with E-state index in [0.717, 1.165) is 44.2 Å². The quantitative estimate of drug-likeness (QED) is 0.752. The topological polar surface area (TPSA) is 20.2 Å². The molecule has 0 aliphatic heterocycles. The molecular formula is C12H14F2O. The Bertz CT molecular complexity index is 334. The molecule has 1 aliphatic carbocycles. The molecule has 0 unspecified atom stereocenters. The van der Waals surface area contributed by atoms with Gasteiger partial charge in [0, 0.05) is 17.7 Å². The molecule has 1 aromatic carbocycles. The number of rotatable bonds is 1.